The Labute approximate surface area is 229 Å². The fraction of sp³-hybridized carbons (Fsp3) is 0.129. The Morgan fingerprint density at radius 3 is 2.44 bits per heavy atom. The molecule has 3 aromatic carbocycles. The number of carbonyl (C=O) groups excluding carboxylic acids is 2. The molecule has 0 aliphatic rings. The zero-order valence-corrected chi connectivity index (χ0v) is 22.0. The van der Waals surface area contributed by atoms with Crippen LogP contribution < -0.4 is 14.8 Å². The number of rotatable bonds is 11. The van der Waals surface area contributed by atoms with Crippen LogP contribution in [0.3, 0.4) is 0 Å². The average molecular weight is 541 g/mol. The number of ketones is 2. The van der Waals surface area contributed by atoms with E-state index in [2.05, 4.69) is 10.3 Å². The first-order valence-corrected chi connectivity index (χ1v) is 13.1. The molecule has 2 aromatic heterocycles. The highest BCUT2D eigenvalue weighted by Crippen LogP contribution is 2.39. The molecule has 0 spiro atoms. The minimum absolute atomic E-state index is 0.0263. The summed E-state index contributed by atoms with van der Waals surface area (Å²) in [5.74, 6) is 0.237. The Kier molecular flexibility index (Phi) is 7.94. The van der Waals surface area contributed by atoms with Crippen LogP contribution in [0, 0.1) is 5.82 Å². The molecule has 196 valence electrons. The summed E-state index contributed by atoms with van der Waals surface area (Å²) in [7, 11) is 1.61. The standard InChI is InChI=1S/C31H25FN2O4S/c1-37-25-9-5-8-22(17-25)34-30-19-27-31(39-30)29(12-13-33-27)38-28-11-10-21(16-26(28)32)15-24(36)18-23(35)14-20-6-3-2-4-7-20/h2-13,16-17,19,34H,14-15,18H2,1H3. The van der Waals surface area contributed by atoms with Gasteiger partial charge in [-0.25, -0.2) is 4.39 Å². The lowest BCUT2D eigenvalue weighted by atomic mass is 10.0. The van der Waals surface area contributed by atoms with Gasteiger partial charge in [0.25, 0.3) is 0 Å². The lowest BCUT2D eigenvalue weighted by Crippen LogP contribution is -2.12. The van der Waals surface area contributed by atoms with Gasteiger partial charge in [-0.05, 0) is 41.5 Å². The molecule has 0 fully saturated rings. The molecule has 0 aliphatic heterocycles. The van der Waals surface area contributed by atoms with Crippen LogP contribution in [-0.2, 0) is 22.4 Å². The Hall–Kier alpha value is -4.56. The van der Waals surface area contributed by atoms with Crippen molar-refractivity contribution < 1.29 is 23.5 Å². The normalized spacial score (nSPS) is 10.8. The molecule has 0 radical (unpaired) electrons. The minimum Gasteiger partial charge on any atom is -0.497 e. The van der Waals surface area contributed by atoms with Crippen LogP contribution in [0.25, 0.3) is 10.2 Å². The van der Waals surface area contributed by atoms with Crippen LogP contribution in [0.1, 0.15) is 17.5 Å². The maximum atomic E-state index is 15.0. The average Bonchev–Trinajstić information content (AvgIpc) is 3.34. The number of carbonyl (C=O) groups is 2. The van der Waals surface area contributed by atoms with Crippen molar-refractivity contribution in [2.45, 2.75) is 19.3 Å². The second-order valence-electron chi connectivity index (χ2n) is 8.95. The van der Waals surface area contributed by atoms with E-state index in [4.69, 9.17) is 9.47 Å². The van der Waals surface area contributed by atoms with E-state index in [-0.39, 0.29) is 36.6 Å². The van der Waals surface area contributed by atoms with Crippen molar-refractivity contribution in [3.8, 4) is 17.2 Å². The van der Waals surface area contributed by atoms with Crippen LogP contribution in [0.15, 0.2) is 91.1 Å². The molecule has 1 N–H and O–H groups in total. The summed E-state index contributed by atoms with van der Waals surface area (Å²) in [6, 6.07) is 24.8. The molecule has 8 heteroatoms. The molecule has 0 saturated heterocycles. The van der Waals surface area contributed by atoms with Gasteiger partial charge in [-0.1, -0.05) is 42.5 Å². The van der Waals surface area contributed by atoms with Gasteiger partial charge in [-0.3, -0.25) is 14.6 Å². The van der Waals surface area contributed by atoms with Crippen LogP contribution in [0.2, 0.25) is 0 Å². The Morgan fingerprint density at radius 1 is 0.872 bits per heavy atom. The van der Waals surface area contributed by atoms with E-state index < -0.39 is 5.82 Å². The van der Waals surface area contributed by atoms with Gasteiger partial charge in [0.1, 0.15) is 23.1 Å². The monoisotopic (exact) mass is 540 g/mol. The van der Waals surface area contributed by atoms with Gasteiger partial charge in [-0.2, -0.15) is 0 Å². The molecule has 0 unspecified atom stereocenters. The second kappa shape index (κ2) is 11.9. The van der Waals surface area contributed by atoms with E-state index in [1.807, 2.05) is 60.7 Å². The highest BCUT2D eigenvalue weighted by Gasteiger charge is 2.15. The predicted octanol–water partition coefficient (Wildman–Crippen LogP) is 7.29. The van der Waals surface area contributed by atoms with Crippen LogP contribution in [0.4, 0.5) is 15.1 Å². The summed E-state index contributed by atoms with van der Waals surface area (Å²) in [5, 5.41) is 4.18. The Bertz CT molecular complexity index is 1630. The smallest absolute Gasteiger partial charge is 0.166 e. The number of nitrogens with zero attached hydrogens (tertiary/aromatic N) is 1. The van der Waals surface area contributed by atoms with Crippen molar-refractivity contribution in [1.29, 1.82) is 0 Å². The van der Waals surface area contributed by atoms with Crippen molar-refractivity contribution in [3.05, 3.63) is 108 Å². The summed E-state index contributed by atoms with van der Waals surface area (Å²) in [4.78, 5) is 29.1. The SMILES string of the molecule is COc1cccc(Nc2cc3nccc(Oc4ccc(CC(=O)CC(=O)Cc5ccccc5)cc4F)c3s2)c1. The molecule has 5 rings (SSSR count). The molecule has 0 bridgehead atoms. The number of halogens is 1. The molecular weight excluding hydrogens is 515 g/mol. The molecule has 2 heterocycles. The van der Waals surface area contributed by atoms with Gasteiger partial charge in [0.2, 0.25) is 0 Å². The van der Waals surface area contributed by atoms with E-state index in [1.165, 1.54) is 23.5 Å². The fourth-order valence-corrected chi connectivity index (χ4v) is 5.14. The van der Waals surface area contributed by atoms with Crippen LogP contribution in [-0.4, -0.2) is 23.7 Å². The van der Waals surface area contributed by atoms with Crippen molar-refractivity contribution >= 4 is 43.8 Å². The fourth-order valence-electron chi connectivity index (χ4n) is 4.15. The topological polar surface area (TPSA) is 77.5 Å². The van der Waals surface area contributed by atoms with Crippen molar-refractivity contribution in [2.75, 3.05) is 12.4 Å². The molecule has 6 nitrogen and oxygen atoms in total. The van der Waals surface area contributed by atoms with Crippen molar-refractivity contribution in [3.63, 3.8) is 0 Å². The van der Waals surface area contributed by atoms with Crippen molar-refractivity contribution in [1.82, 2.24) is 4.98 Å². The first-order valence-electron chi connectivity index (χ1n) is 12.3. The third kappa shape index (κ3) is 6.66. The number of hydrogen-bond donors (Lipinski definition) is 1. The molecule has 5 aromatic rings. The number of fused-ring (bicyclic) bond motifs is 1. The molecule has 39 heavy (non-hydrogen) atoms. The van der Waals surface area contributed by atoms with Crippen molar-refractivity contribution in [2.24, 2.45) is 0 Å². The maximum Gasteiger partial charge on any atom is 0.166 e. The van der Waals surface area contributed by atoms with E-state index in [0.717, 1.165) is 26.7 Å². The van der Waals surface area contributed by atoms with Crippen LogP contribution >= 0.6 is 11.3 Å². The summed E-state index contributed by atoms with van der Waals surface area (Å²) in [6.45, 7) is 0. The van der Waals surface area contributed by atoms with Gasteiger partial charge >= 0.3 is 0 Å². The number of thiophene rings is 1. The molecule has 0 saturated carbocycles. The first kappa shape index (κ1) is 26.1. The van der Waals surface area contributed by atoms with Gasteiger partial charge in [-0.15, -0.1) is 11.3 Å². The summed E-state index contributed by atoms with van der Waals surface area (Å²) < 4.78 is 26.9. The highest BCUT2D eigenvalue weighted by molar-refractivity contribution is 7.23. The number of aromatic nitrogens is 1. The quantitative estimate of drug-likeness (QED) is 0.177. The van der Waals surface area contributed by atoms with Crippen LogP contribution in [0.5, 0.6) is 17.2 Å². The summed E-state index contributed by atoms with van der Waals surface area (Å²) >= 11 is 1.44. The van der Waals surface area contributed by atoms with Gasteiger partial charge in [0.15, 0.2) is 11.6 Å². The third-order valence-electron chi connectivity index (χ3n) is 5.97. The zero-order chi connectivity index (χ0) is 27.2. The highest BCUT2D eigenvalue weighted by atomic mass is 32.1. The number of pyridine rings is 1. The zero-order valence-electron chi connectivity index (χ0n) is 21.1. The lowest BCUT2D eigenvalue weighted by Gasteiger charge is -2.09. The molecule has 0 aliphatic carbocycles. The van der Waals surface area contributed by atoms with E-state index in [9.17, 15) is 14.0 Å². The number of methoxy groups -OCH3 is 1. The molecule has 0 amide bonds. The number of hydrogen-bond acceptors (Lipinski definition) is 7. The lowest BCUT2D eigenvalue weighted by molar-refractivity contribution is -0.126. The van der Waals surface area contributed by atoms with Gasteiger partial charge in [0, 0.05) is 36.9 Å². The van der Waals surface area contributed by atoms with Gasteiger partial charge < -0.3 is 14.8 Å². The van der Waals surface area contributed by atoms with E-state index >= 15 is 0 Å². The number of nitrogens with one attached hydrogen (secondary N) is 1. The maximum absolute atomic E-state index is 15.0. The summed E-state index contributed by atoms with van der Waals surface area (Å²) in [6.07, 6.45) is 1.60. The molecular formula is C31H25FN2O4S. The molecule has 0 atom stereocenters. The number of benzene rings is 3. The first-order chi connectivity index (χ1) is 19.0. The Balaban J connectivity index is 1.25. The second-order valence-corrected chi connectivity index (χ2v) is 10.0. The summed E-state index contributed by atoms with van der Waals surface area (Å²) in [5.41, 5.74) is 2.92. The largest absolute Gasteiger partial charge is 0.497 e. The van der Waals surface area contributed by atoms with Gasteiger partial charge in [0.05, 0.1) is 28.7 Å². The number of anilines is 2. The van der Waals surface area contributed by atoms with E-state index in [1.54, 1.807) is 25.4 Å². The van der Waals surface area contributed by atoms with E-state index in [0.29, 0.717) is 16.8 Å². The number of Topliss-reactive ketones (excluding diaryl/α,β-unsaturated/α-hetero) is 2. The third-order valence-corrected chi connectivity index (χ3v) is 7.02. The minimum atomic E-state index is -0.591. The predicted molar refractivity (Wildman–Crippen MR) is 151 cm³/mol. The number of ether oxygens (including phenoxy) is 2. The Morgan fingerprint density at radius 2 is 1.67 bits per heavy atom.